The van der Waals surface area contributed by atoms with Crippen LogP contribution in [0.2, 0.25) is 0 Å². The fourth-order valence-corrected chi connectivity index (χ4v) is 3.46. The maximum absolute atomic E-state index is 5.53. The molecule has 5 nitrogen and oxygen atoms in total. The van der Waals surface area contributed by atoms with Gasteiger partial charge in [-0.05, 0) is 24.1 Å². The Morgan fingerprint density at radius 2 is 2.08 bits per heavy atom. The van der Waals surface area contributed by atoms with Gasteiger partial charge >= 0.3 is 0 Å². The van der Waals surface area contributed by atoms with E-state index in [0.29, 0.717) is 12.1 Å². The van der Waals surface area contributed by atoms with Gasteiger partial charge in [0.2, 0.25) is 0 Å². The van der Waals surface area contributed by atoms with Crippen molar-refractivity contribution in [3.8, 4) is 5.75 Å². The second-order valence-electron chi connectivity index (χ2n) is 6.37. The van der Waals surface area contributed by atoms with Crippen LogP contribution in [0.25, 0.3) is 0 Å². The maximum atomic E-state index is 5.53. The van der Waals surface area contributed by atoms with Crippen LogP contribution in [0, 0.1) is 0 Å². The molecule has 2 aromatic rings. The second-order valence-corrected chi connectivity index (χ2v) is 6.37. The summed E-state index contributed by atoms with van der Waals surface area (Å²) in [5, 5.41) is 3.49. The van der Waals surface area contributed by atoms with E-state index in [-0.39, 0.29) is 0 Å². The van der Waals surface area contributed by atoms with Crippen molar-refractivity contribution in [1.29, 1.82) is 0 Å². The first-order valence-corrected chi connectivity index (χ1v) is 8.80. The Hall–Kier alpha value is -1.95. The van der Waals surface area contributed by atoms with Crippen LogP contribution in [0.5, 0.6) is 5.75 Å². The summed E-state index contributed by atoms with van der Waals surface area (Å²) in [7, 11) is 3.47. The summed E-state index contributed by atoms with van der Waals surface area (Å²) >= 11 is 0. The summed E-state index contributed by atoms with van der Waals surface area (Å²) in [5.74, 6) is 0.949. The highest BCUT2D eigenvalue weighted by atomic mass is 16.5. The Morgan fingerprint density at radius 3 is 2.84 bits per heavy atom. The fourth-order valence-electron chi connectivity index (χ4n) is 3.46. The van der Waals surface area contributed by atoms with Crippen LogP contribution in [0.15, 0.2) is 48.8 Å². The van der Waals surface area contributed by atoms with Crippen molar-refractivity contribution in [2.75, 3.05) is 33.9 Å². The first-order valence-electron chi connectivity index (χ1n) is 8.80. The molecule has 2 unspecified atom stereocenters. The molecule has 5 heteroatoms. The third-order valence-corrected chi connectivity index (χ3v) is 4.84. The molecule has 2 atom stereocenters. The molecule has 1 N–H and O–H groups in total. The number of ether oxygens (including phenoxy) is 2. The van der Waals surface area contributed by atoms with Gasteiger partial charge < -0.3 is 14.8 Å². The van der Waals surface area contributed by atoms with E-state index in [4.69, 9.17) is 9.47 Å². The number of rotatable bonds is 9. The minimum Gasteiger partial charge on any atom is -0.496 e. The molecule has 1 fully saturated rings. The van der Waals surface area contributed by atoms with E-state index < -0.39 is 0 Å². The van der Waals surface area contributed by atoms with Crippen molar-refractivity contribution < 1.29 is 9.47 Å². The van der Waals surface area contributed by atoms with Crippen LogP contribution in [0.3, 0.4) is 0 Å². The molecule has 134 valence electrons. The smallest absolute Gasteiger partial charge is 0.123 e. The van der Waals surface area contributed by atoms with Crippen molar-refractivity contribution in [2.45, 2.75) is 25.0 Å². The lowest BCUT2D eigenvalue weighted by Crippen LogP contribution is -2.54. The monoisotopic (exact) mass is 341 g/mol. The predicted molar refractivity (Wildman–Crippen MR) is 98.7 cm³/mol. The Balaban J connectivity index is 1.70. The van der Waals surface area contributed by atoms with Gasteiger partial charge in [0.25, 0.3) is 0 Å². The van der Waals surface area contributed by atoms with Crippen molar-refractivity contribution in [3.05, 3.63) is 59.9 Å². The summed E-state index contributed by atoms with van der Waals surface area (Å²) in [5.41, 5.74) is 2.51. The normalized spacial score (nSPS) is 20.2. The zero-order valence-corrected chi connectivity index (χ0v) is 15.0. The van der Waals surface area contributed by atoms with Gasteiger partial charge in [0.1, 0.15) is 5.75 Å². The number of pyridine rings is 1. The zero-order chi connectivity index (χ0) is 17.5. The lowest BCUT2D eigenvalue weighted by Gasteiger charge is -2.49. The van der Waals surface area contributed by atoms with Crippen LogP contribution < -0.4 is 10.1 Å². The summed E-state index contributed by atoms with van der Waals surface area (Å²) in [6.45, 7) is 3.47. The molecule has 0 radical (unpaired) electrons. The largest absolute Gasteiger partial charge is 0.496 e. The third kappa shape index (κ3) is 4.37. The predicted octanol–water partition coefficient (Wildman–Crippen LogP) is 2.64. The molecule has 1 saturated heterocycles. The quantitative estimate of drug-likeness (QED) is 0.711. The minimum atomic E-state index is 0.410. The molecule has 1 aliphatic heterocycles. The molecule has 0 amide bonds. The molecule has 0 saturated carbocycles. The molecule has 1 aromatic carbocycles. The summed E-state index contributed by atoms with van der Waals surface area (Å²) in [6.07, 6.45) is 4.95. The van der Waals surface area contributed by atoms with Gasteiger partial charge in [-0.15, -0.1) is 0 Å². The third-order valence-electron chi connectivity index (χ3n) is 4.84. The zero-order valence-electron chi connectivity index (χ0n) is 15.0. The average molecular weight is 341 g/mol. The highest BCUT2D eigenvalue weighted by molar-refractivity contribution is 5.34. The van der Waals surface area contributed by atoms with Crippen molar-refractivity contribution in [2.24, 2.45) is 0 Å². The highest BCUT2D eigenvalue weighted by Gasteiger charge is 2.39. The van der Waals surface area contributed by atoms with E-state index >= 15 is 0 Å². The second kappa shape index (κ2) is 8.94. The van der Waals surface area contributed by atoms with Crippen LogP contribution in [0.4, 0.5) is 0 Å². The molecule has 0 aliphatic carbocycles. The number of nitrogens with one attached hydrogen (secondary N) is 1. The first kappa shape index (κ1) is 17.9. The Kier molecular flexibility index (Phi) is 6.39. The Labute approximate surface area is 150 Å². The van der Waals surface area contributed by atoms with Crippen LogP contribution >= 0.6 is 0 Å². The molecule has 2 heterocycles. The van der Waals surface area contributed by atoms with Gasteiger partial charge in [-0.25, -0.2) is 0 Å². The standard InChI is InChI=1S/C20H27N3O2/c1-24-11-10-22-14-18-12-19(16-7-5-9-21-13-16)23(18)15-17-6-3-4-8-20(17)25-2/h3-9,13,18-19,22H,10-12,14-15H2,1-2H3. The molecule has 25 heavy (non-hydrogen) atoms. The van der Waals surface area contributed by atoms with Crippen LogP contribution in [-0.2, 0) is 11.3 Å². The fraction of sp³-hybridized carbons (Fsp3) is 0.450. The highest BCUT2D eigenvalue weighted by Crippen LogP contribution is 2.40. The van der Waals surface area contributed by atoms with Gasteiger partial charge in [-0.2, -0.15) is 0 Å². The van der Waals surface area contributed by atoms with Gasteiger partial charge in [-0.1, -0.05) is 24.3 Å². The number of benzene rings is 1. The molecule has 0 spiro atoms. The number of para-hydroxylation sites is 1. The van der Waals surface area contributed by atoms with Gasteiger partial charge in [0.05, 0.1) is 13.7 Å². The lowest BCUT2D eigenvalue weighted by atomic mass is 9.87. The number of hydrogen-bond acceptors (Lipinski definition) is 5. The summed E-state index contributed by atoms with van der Waals surface area (Å²) < 4.78 is 10.7. The van der Waals surface area contributed by atoms with Crippen molar-refractivity contribution in [1.82, 2.24) is 15.2 Å². The number of methoxy groups -OCH3 is 2. The lowest BCUT2D eigenvalue weighted by molar-refractivity contribution is 0.00439. The molecule has 0 bridgehead atoms. The number of likely N-dealkylation sites (tertiary alicyclic amines) is 1. The van der Waals surface area contributed by atoms with E-state index in [0.717, 1.165) is 38.4 Å². The number of nitrogens with zero attached hydrogens (tertiary/aromatic N) is 2. The van der Waals surface area contributed by atoms with Gasteiger partial charge in [0, 0.05) is 56.8 Å². The topological polar surface area (TPSA) is 46.6 Å². The first-order chi connectivity index (χ1) is 12.3. The molecule has 1 aliphatic rings. The molecular formula is C20H27N3O2. The van der Waals surface area contributed by atoms with E-state index in [1.54, 1.807) is 14.2 Å². The average Bonchev–Trinajstić information content (AvgIpc) is 2.66. The minimum absolute atomic E-state index is 0.410. The van der Waals surface area contributed by atoms with Gasteiger partial charge in [0.15, 0.2) is 0 Å². The Morgan fingerprint density at radius 1 is 1.20 bits per heavy atom. The molecule has 1 aromatic heterocycles. The van der Waals surface area contributed by atoms with E-state index in [9.17, 15) is 0 Å². The van der Waals surface area contributed by atoms with Crippen LogP contribution in [0.1, 0.15) is 23.6 Å². The summed E-state index contributed by atoms with van der Waals surface area (Å²) in [4.78, 5) is 6.83. The summed E-state index contributed by atoms with van der Waals surface area (Å²) in [6, 6.07) is 13.4. The SMILES string of the molecule is COCCNCC1CC(c2cccnc2)N1Cc1ccccc1OC. The van der Waals surface area contributed by atoms with E-state index in [1.165, 1.54) is 11.1 Å². The Bertz CT molecular complexity index is 650. The van der Waals surface area contributed by atoms with Gasteiger partial charge in [-0.3, -0.25) is 9.88 Å². The van der Waals surface area contributed by atoms with E-state index in [1.807, 2.05) is 30.6 Å². The maximum Gasteiger partial charge on any atom is 0.123 e. The van der Waals surface area contributed by atoms with E-state index in [2.05, 4.69) is 33.4 Å². The number of hydrogen-bond donors (Lipinski definition) is 1. The van der Waals surface area contributed by atoms with Crippen LogP contribution in [-0.4, -0.2) is 49.8 Å². The molecule has 3 rings (SSSR count). The molecular weight excluding hydrogens is 314 g/mol. The van der Waals surface area contributed by atoms with Crippen molar-refractivity contribution in [3.63, 3.8) is 0 Å². The number of aromatic nitrogens is 1. The van der Waals surface area contributed by atoms with Crippen molar-refractivity contribution >= 4 is 0 Å².